The number of ketones is 1. The van der Waals surface area contributed by atoms with E-state index in [4.69, 9.17) is 9.29 Å². The highest BCUT2D eigenvalue weighted by Gasteiger charge is 2.56. The van der Waals surface area contributed by atoms with Crippen molar-refractivity contribution in [1.82, 2.24) is 0 Å². The Hall–Kier alpha value is -1.13. The van der Waals surface area contributed by atoms with Crippen LogP contribution < -0.4 is 0 Å². The SMILES string of the molecule is O=C(COC12CC3CC(C1)C(=O)C(C3)C2)OCC(F)(F)S(=O)(=O)O. The Kier molecular flexibility index (Phi) is 4.20. The number of halogens is 2. The summed E-state index contributed by atoms with van der Waals surface area (Å²) >= 11 is 0. The van der Waals surface area contributed by atoms with E-state index >= 15 is 0 Å². The maximum absolute atomic E-state index is 13.0. The van der Waals surface area contributed by atoms with Crippen molar-refractivity contribution in [3.63, 3.8) is 0 Å². The van der Waals surface area contributed by atoms with Gasteiger partial charge in [0.25, 0.3) is 0 Å². The van der Waals surface area contributed by atoms with Gasteiger partial charge in [0.1, 0.15) is 12.4 Å². The van der Waals surface area contributed by atoms with E-state index in [2.05, 4.69) is 4.74 Å². The van der Waals surface area contributed by atoms with Gasteiger partial charge in [0.05, 0.1) is 5.60 Å². The lowest BCUT2D eigenvalue weighted by Crippen LogP contribution is -2.56. The molecule has 4 aliphatic rings. The third kappa shape index (κ3) is 3.18. The second-order valence-corrected chi connectivity index (χ2v) is 8.54. The molecule has 0 heterocycles. The molecule has 0 spiro atoms. The molecule has 4 fully saturated rings. The van der Waals surface area contributed by atoms with Gasteiger partial charge in [0.2, 0.25) is 0 Å². The average Bonchev–Trinajstić information content (AvgIpc) is 2.46. The van der Waals surface area contributed by atoms with Crippen LogP contribution in [0.1, 0.15) is 32.1 Å². The normalized spacial score (nSPS) is 35.3. The number of esters is 1. The van der Waals surface area contributed by atoms with E-state index in [9.17, 15) is 26.8 Å². The van der Waals surface area contributed by atoms with E-state index in [0.717, 1.165) is 19.3 Å². The minimum Gasteiger partial charge on any atom is -0.456 e. The zero-order chi connectivity index (χ0) is 17.8. The second-order valence-electron chi connectivity index (χ2n) is 6.99. The number of carbonyl (C=O) groups excluding carboxylic acids is 2. The van der Waals surface area contributed by atoms with Gasteiger partial charge in [0.15, 0.2) is 6.61 Å². The number of ether oxygens (including phenoxy) is 2. The molecular formula is C14H18F2O7S. The predicted octanol–water partition coefficient (Wildman–Crippen LogP) is 1.17. The van der Waals surface area contributed by atoms with Crippen molar-refractivity contribution >= 4 is 21.9 Å². The van der Waals surface area contributed by atoms with Gasteiger partial charge in [-0.15, -0.1) is 0 Å². The van der Waals surface area contributed by atoms with Crippen LogP contribution in [0.5, 0.6) is 0 Å². The Morgan fingerprint density at radius 3 is 2.38 bits per heavy atom. The summed E-state index contributed by atoms with van der Waals surface area (Å²) in [7, 11) is -5.64. The molecule has 4 saturated carbocycles. The van der Waals surface area contributed by atoms with E-state index < -0.39 is 40.2 Å². The summed E-state index contributed by atoms with van der Waals surface area (Å²) in [6.07, 6.45) is 3.44. The highest BCUT2D eigenvalue weighted by Crippen LogP contribution is 2.55. The highest BCUT2D eigenvalue weighted by atomic mass is 32.2. The van der Waals surface area contributed by atoms with Crippen molar-refractivity contribution < 1.29 is 40.8 Å². The third-order valence-electron chi connectivity index (χ3n) is 5.21. The van der Waals surface area contributed by atoms with Crippen LogP contribution in [0.15, 0.2) is 0 Å². The predicted molar refractivity (Wildman–Crippen MR) is 74.7 cm³/mol. The molecule has 0 aromatic rings. The van der Waals surface area contributed by atoms with E-state index in [1.165, 1.54) is 0 Å². The fraction of sp³-hybridized carbons (Fsp3) is 0.857. The van der Waals surface area contributed by atoms with Crippen LogP contribution in [0.4, 0.5) is 8.78 Å². The zero-order valence-corrected chi connectivity index (χ0v) is 13.6. The van der Waals surface area contributed by atoms with E-state index in [-0.39, 0.29) is 17.6 Å². The summed E-state index contributed by atoms with van der Waals surface area (Å²) in [4.78, 5) is 23.6. The first-order valence-corrected chi connectivity index (χ1v) is 9.13. The molecule has 4 bridgehead atoms. The van der Waals surface area contributed by atoms with Crippen LogP contribution in [-0.2, 0) is 29.2 Å². The molecule has 0 aromatic carbocycles. The van der Waals surface area contributed by atoms with Gasteiger partial charge in [-0.2, -0.15) is 17.2 Å². The molecule has 0 amide bonds. The van der Waals surface area contributed by atoms with Gasteiger partial charge >= 0.3 is 21.3 Å². The minimum absolute atomic E-state index is 0.0591. The molecule has 10 heteroatoms. The Morgan fingerprint density at radius 1 is 1.25 bits per heavy atom. The molecule has 0 aliphatic heterocycles. The fourth-order valence-corrected chi connectivity index (χ4v) is 4.55. The van der Waals surface area contributed by atoms with Crippen molar-refractivity contribution in [3.8, 4) is 0 Å². The first-order chi connectivity index (χ1) is 11.0. The highest BCUT2D eigenvalue weighted by molar-refractivity contribution is 7.86. The lowest BCUT2D eigenvalue weighted by atomic mass is 9.53. The Labute approximate surface area is 137 Å². The molecule has 7 nitrogen and oxygen atoms in total. The summed E-state index contributed by atoms with van der Waals surface area (Å²) in [5, 5.41) is -4.56. The summed E-state index contributed by atoms with van der Waals surface area (Å²) < 4.78 is 65.0. The molecule has 0 aromatic heterocycles. The molecule has 0 radical (unpaired) electrons. The monoisotopic (exact) mass is 368 g/mol. The van der Waals surface area contributed by atoms with Gasteiger partial charge in [-0.25, -0.2) is 4.79 Å². The smallest absolute Gasteiger partial charge is 0.402 e. The molecule has 136 valence electrons. The van der Waals surface area contributed by atoms with Crippen molar-refractivity contribution in [2.45, 2.75) is 43.0 Å². The number of rotatable bonds is 6. The molecular weight excluding hydrogens is 350 g/mol. The number of hydrogen-bond acceptors (Lipinski definition) is 6. The summed E-state index contributed by atoms with van der Waals surface area (Å²) in [5.41, 5.74) is -0.602. The Balaban J connectivity index is 1.53. The van der Waals surface area contributed by atoms with Gasteiger partial charge in [-0.1, -0.05) is 0 Å². The Morgan fingerprint density at radius 2 is 1.83 bits per heavy atom. The van der Waals surface area contributed by atoms with E-state index in [1.807, 2.05) is 0 Å². The summed E-state index contributed by atoms with van der Waals surface area (Å²) in [6, 6.07) is 0. The topological polar surface area (TPSA) is 107 Å². The third-order valence-corrected chi connectivity index (χ3v) is 6.09. The fourth-order valence-electron chi connectivity index (χ4n) is 4.34. The van der Waals surface area contributed by atoms with Gasteiger partial charge < -0.3 is 9.47 Å². The first kappa shape index (κ1) is 17.7. The summed E-state index contributed by atoms with van der Waals surface area (Å²) in [6.45, 7) is -2.37. The largest absolute Gasteiger partial charge is 0.456 e. The number of alkyl halides is 2. The van der Waals surface area contributed by atoms with Crippen molar-refractivity contribution in [3.05, 3.63) is 0 Å². The van der Waals surface area contributed by atoms with E-state index in [1.54, 1.807) is 0 Å². The molecule has 0 saturated heterocycles. The summed E-state index contributed by atoms with van der Waals surface area (Å²) in [5.74, 6) is -0.631. The number of carbonyl (C=O) groups is 2. The first-order valence-electron chi connectivity index (χ1n) is 7.69. The molecule has 2 atom stereocenters. The van der Waals surface area contributed by atoms with Crippen LogP contribution in [0.3, 0.4) is 0 Å². The Bertz CT molecular complexity index is 642. The lowest BCUT2D eigenvalue weighted by molar-refractivity contribution is -0.187. The van der Waals surface area contributed by atoms with Gasteiger partial charge in [-0.05, 0) is 38.0 Å². The average molecular weight is 368 g/mol. The van der Waals surface area contributed by atoms with Crippen molar-refractivity contribution in [1.29, 1.82) is 0 Å². The van der Waals surface area contributed by atoms with E-state index in [0.29, 0.717) is 18.8 Å². The van der Waals surface area contributed by atoms with Crippen molar-refractivity contribution in [2.24, 2.45) is 17.8 Å². The molecule has 4 rings (SSSR count). The molecule has 4 aliphatic carbocycles. The molecule has 24 heavy (non-hydrogen) atoms. The second kappa shape index (κ2) is 5.70. The lowest BCUT2D eigenvalue weighted by Gasteiger charge is -2.55. The van der Waals surface area contributed by atoms with Gasteiger partial charge in [0, 0.05) is 11.8 Å². The maximum atomic E-state index is 13.0. The van der Waals surface area contributed by atoms with Crippen molar-refractivity contribution in [2.75, 3.05) is 13.2 Å². The zero-order valence-electron chi connectivity index (χ0n) is 12.7. The van der Waals surface area contributed by atoms with Crippen LogP contribution in [0, 0.1) is 17.8 Å². The van der Waals surface area contributed by atoms with Crippen LogP contribution in [0.2, 0.25) is 0 Å². The quantitative estimate of drug-likeness (QED) is 0.554. The minimum atomic E-state index is -5.64. The van der Waals surface area contributed by atoms with Gasteiger partial charge in [-0.3, -0.25) is 9.35 Å². The number of hydrogen-bond donors (Lipinski definition) is 1. The van der Waals surface area contributed by atoms with Crippen LogP contribution >= 0.6 is 0 Å². The standard InChI is InChI=1S/C14H18F2O7S/c15-14(16,24(19,20)21)7-22-11(17)6-23-13-3-8-1-9(4-13)12(18)10(2-8)5-13/h8-10H,1-7H2,(H,19,20,21). The maximum Gasteiger partial charge on any atom is 0.402 e. The molecule has 1 N–H and O–H groups in total. The molecule has 2 unspecified atom stereocenters. The van der Waals surface area contributed by atoms with Crippen LogP contribution in [-0.4, -0.2) is 48.8 Å². The van der Waals surface area contributed by atoms with Crippen LogP contribution in [0.25, 0.3) is 0 Å². The number of Topliss-reactive ketones (excluding diaryl/α,β-unsaturated/α-hetero) is 1.